The van der Waals surface area contributed by atoms with Crippen LogP contribution in [0.2, 0.25) is 0 Å². The lowest BCUT2D eigenvalue weighted by atomic mass is 10.2. The lowest BCUT2D eigenvalue weighted by molar-refractivity contribution is 0.314. The maximum absolute atomic E-state index is 5.81. The van der Waals surface area contributed by atoms with Gasteiger partial charge < -0.3 is 9.80 Å². The van der Waals surface area contributed by atoms with Gasteiger partial charge >= 0.3 is 0 Å². The summed E-state index contributed by atoms with van der Waals surface area (Å²) < 4.78 is 0. The molecule has 0 amide bonds. The maximum atomic E-state index is 5.81. The summed E-state index contributed by atoms with van der Waals surface area (Å²) in [5.41, 5.74) is 0.941. The van der Waals surface area contributed by atoms with Gasteiger partial charge in [0.1, 0.15) is 5.82 Å². The third kappa shape index (κ3) is 3.11. The molecule has 1 unspecified atom stereocenters. The normalized spacial score (nSPS) is 20.8. The summed E-state index contributed by atoms with van der Waals surface area (Å²) in [6.45, 7) is 2.25. The number of nitrogens with zero attached hydrogens (tertiary/aromatic N) is 3. The van der Waals surface area contributed by atoms with E-state index in [0.717, 1.165) is 18.1 Å². The fourth-order valence-electron chi connectivity index (χ4n) is 2.37. The number of aromatic nitrogens is 1. The number of likely N-dealkylation sites (tertiary alicyclic amines) is 1. The molecule has 1 fully saturated rings. The average molecular weight is 254 g/mol. The molecular weight excluding hydrogens is 234 g/mol. The van der Waals surface area contributed by atoms with Gasteiger partial charge in [0.05, 0.1) is 11.6 Å². The van der Waals surface area contributed by atoms with E-state index in [-0.39, 0.29) is 0 Å². The van der Waals surface area contributed by atoms with Crippen molar-refractivity contribution in [2.75, 3.05) is 32.1 Å². The molecule has 2 heterocycles. The Bertz CT molecular complexity index is 369. The fourth-order valence-corrected chi connectivity index (χ4v) is 2.52. The van der Waals surface area contributed by atoms with E-state index in [1.165, 1.54) is 19.4 Å². The van der Waals surface area contributed by atoms with Gasteiger partial charge in [-0.2, -0.15) is 0 Å². The van der Waals surface area contributed by atoms with Gasteiger partial charge in [0, 0.05) is 19.6 Å². The van der Waals surface area contributed by atoms with Crippen molar-refractivity contribution in [3.8, 4) is 0 Å². The van der Waals surface area contributed by atoms with Crippen molar-refractivity contribution in [3.63, 3.8) is 0 Å². The number of halogens is 1. The van der Waals surface area contributed by atoms with Crippen molar-refractivity contribution in [2.24, 2.45) is 0 Å². The highest BCUT2D eigenvalue weighted by Crippen LogP contribution is 2.18. The van der Waals surface area contributed by atoms with E-state index in [0.29, 0.717) is 11.9 Å². The number of likely N-dealkylation sites (N-methyl/N-ethyl adjacent to an activating group) is 2. The van der Waals surface area contributed by atoms with Crippen molar-refractivity contribution in [2.45, 2.75) is 24.8 Å². The van der Waals surface area contributed by atoms with Crippen LogP contribution in [0.25, 0.3) is 0 Å². The van der Waals surface area contributed by atoms with E-state index >= 15 is 0 Å². The van der Waals surface area contributed by atoms with Crippen LogP contribution >= 0.6 is 11.6 Å². The minimum atomic E-state index is 0.477. The largest absolute Gasteiger partial charge is 0.358 e. The predicted octanol–water partition coefficient (Wildman–Crippen LogP) is 2.35. The molecule has 0 radical (unpaired) electrons. The average Bonchev–Trinajstić information content (AvgIpc) is 2.75. The predicted molar refractivity (Wildman–Crippen MR) is 72.7 cm³/mol. The van der Waals surface area contributed by atoms with E-state index in [2.05, 4.69) is 28.9 Å². The maximum Gasteiger partial charge on any atom is 0.128 e. The van der Waals surface area contributed by atoms with Crippen molar-refractivity contribution >= 4 is 17.4 Å². The van der Waals surface area contributed by atoms with Gasteiger partial charge in [-0.3, -0.25) is 0 Å². The quantitative estimate of drug-likeness (QED) is 0.768. The zero-order valence-corrected chi connectivity index (χ0v) is 11.3. The smallest absolute Gasteiger partial charge is 0.128 e. The van der Waals surface area contributed by atoms with Crippen LogP contribution < -0.4 is 4.90 Å². The number of hydrogen-bond donors (Lipinski definition) is 0. The van der Waals surface area contributed by atoms with E-state index < -0.39 is 0 Å². The van der Waals surface area contributed by atoms with Crippen molar-refractivity contribution in [3.05, 3.63) is 23.9 Å². The molecule has 2 rings (SSSR count). The molecule has 4 heteroatoms. The summed E-state index contributed by atoms with van der Waals surface area (Å²) >= 11 is 5.81. The Balaban J connectivity index is 2.00. The Kier molecular flexibility index (Phi) is 4.24. The Morgan fingerprint density at radius 2 is 2.35 bits per heavy atom. The molecule has 0 bridgehead atoms. The van der Waals surface area contributed by atoms with E-state index in [4.69, 9.17) is 11.6 Å². The van der Waals surface area contributed by atoms with Gasteiger partial charge in [0.25, 0.3) is 0 Å². The molecule has 0 spiro atoms. The van der Waals surface area contributed by atoms with Crippen LogP contribution in [-0.4, -0.2) is 43.1 Å². The van der Waals surface area contributed by atoms with Gasteiger partial charge in [0.2, 0.25) is 0 Å². The summed E-state index contributed by atoms with van der Waals surface area (Å²) in [4.78, 5) is 9.19. The highest BCUT2D eigenvalue weighted by Gasteiger charge is 2.22. The molecule has 0 aliphatic carbocycles. The van der Waals surface area contributed by atoms with E-state index in [1.54, 1.807) is 0 Å². The molecule has 17 heavy (non-hydrogen) atoms. The van der Waals surface area contributed by atoms with Crippen LogP contribution in [0.5, 0.6) is 0 Å². The summed E-state index contributed by atoms with van der Waals surface area (Å²) in [6, 6.07) is 6.69. The molecule has 1 aromatic rings. The Morgan fingerprint density at radius 1 is 1.53 bits per heavy atom. The molecular formula is C13H20ClN3. The fraction of sp³-hybridized carbons (Fsp3) is 0.615. The van der Waals surface area contributed by atoms with E-state index in [1.807, 2.05) is 18.2 Å². The molecule has 1 saturated heterocycles. The summed E-state index contributed by atoms with van der Waals surface area (Å²) in [5, 5.41) is 0. The first-order valence-corrected chi connectivity index (χ1v) is 6.67. The lowest BCUT2D eigenvalue weighted by Gasteiger charge is -2.26. The third-order valence-electron chi connectivity index (χ3n) is 3.48. The topological polar surface area (TPSA) is 19.4 Å². The Hall–Kier alpha value is -0.800. The van der Waals surface area contributed by atoms with Gasteiger partial charge in [0.15, 0.2) is 0 Å². The molecule has 3 nitrogen and oxygen atoms in total. The van der Waals surface area contributed by atoms with Gasteiger partial charge in [-0.25, -0.2) is 4.98 Å². The van der Waals surface area contributed by atoms with Crippen LogP contribution in [0.1, 0.15) is 18.5 Å². The number of hydrogen-bond acceptors (Lipinski definition) is 3. The molecule has 1 aliphatic rings. The van der Waals surface area contributed by atoms with Gasteiger partial charge in [-0.1, -0.05) is 6.07 Å². The zero-order valence-electron chi connectivity index (χ0n) is 10.6. The number of anilines is 1. The van der Waals surface area contributed by atoms with Crippen LogP contribution in [0.15, 0.2) is 18.2 Å². The summed E-state index contributed by atoms with van der Waals surface area (Å²) in [5.74, 6) is 1.49. The van der Waals surface area contributed by atoms with Crippen LogP contribution in [0, 0.1) is 0 Å². The van der Waals surface area contributed by atoms with E-state index in [9.17, 15) is 0 Å². The highest BCUT2D eigenvalue weighted by atomic mass is 35.5. The minimum absolute atomic E-state index is 0.477. The van der Waals surface area contributed by atoms with Crippen LogP contribution in [0.3, 0.4) is 0 Å². The summed E-state index contributed by atoms with van der Waals surface area (Å²) in [6.07, 6.45) is 2.60. The molecule has 1 aliphatic heterocycles. The monoisotopic (exact) mass is 253 g/mol. The van der Waals surface area contributed by atoms with Gasteiger partial charge in [-0.15, -0.1) is 11.6 Å². The molecule has 0 saturated carbocycles. The second-order valence-corrected chi connectivity index (χ2v) is 5.05. The third-order valence-corrected chi connectivity index (χ3v) is 3.75. The SMILES string of the molecule is CN(CC1CCCN1C)c1cccc(CCl)n1. The molecule has 1 aromatic heterocycles. The molecule has 0 N–H and O–H groups in total. The zero-order chi connectivity index (χ0) is 12.3. The Labute approximate surface area is 108 Å². The van der Waals surface area contributed by atoms with Crippen molar-refractivity contribution in [1.29, 1.82) is 0 Å². The number of pyridine rings is 1. The lowest BCUT2D eigenvalue weighted by Crippen LogP contribution is -2.37. The molecule has 1 atom stereocenters. The van der Waals surface area contributed by atoms with Crippen molar-refractivity contribution < 1.29 is 0 Å². The number of rotatable bonds is 4. The molecule has 0 aromatic carbocycles. The summed E-state index contributed by atoms with van der Waals surface area (Å²) in [7, 11) is 4.31. The molecule has 94 valence electrons. The van der Waals surface area contributed by atoms with Crippen molar-refractivity contribution in [1.82, 2.24) is 9.88 Å². The number of alkyl halides is 1. The Morgan fingerprint density at radius 3 is 3.00 bits per heavy atom. The second-order valence-electron chi connectivity index (χ2n) is 4.78. The first-order valence-electron chi connectivity index (χ1n) is 6.14. The minimum Gasteiger partial charge on any atom is -0.358 e. The van der Waals surface area contributed by atoms with Crippen LogP contribution in [0.4, 0.5) is 5.82 Å². The standard InChI is InChI=1S/C13H20ClN3/c1-16-8-4-6-12(16)10-17(2)13-7-3-5-11(9-14)15-13/h3,5,7,12H,4,6,8-10H2,1-2H3. The first-order chi connectivity index (χ1) is 8.20. The van der Waals surface area contributed by atoms with Gasteiger partial charge in [-0.05, 0) is 38.6 Å². The van der Waals surface area contributed by atoms with Crippen LogP contribution in [-0.2, 0) is 5.88 Å². The second kappa shape index (κ2) is 5.69. The first kappa shape index (κ1) is 12.7. The highest BCUT2D eigenvalue weighted by molar-refractivity contribution is 6.16.